The second kappa shape index (κ2) is 11.4. The fourth-order valence-electron chi connectivity index (χ4n) is 8.45. The van der Waals surface area contributed by atoms with Crippen LogP contribution in [0.3, 0.4) is 0 Å². The molecule has 48 heavy (non-hydrogen) atoms. The molecule has 2 saturated carbocycles. The van der Waals surface area contributed by atoms with Gasteiger partial charge in [0.2, 0.25) is 5.91 Å². The van der Waals surface area contributed by atoms with Gasteiger partial charge in [-0.25, -0.2) is 0 Å². The van der Waals surface area contributed by atoms with E-state index < -0.39 is 69.8 Å². The van der Waals surface area contributed by atoms with E-state index in [1.165, 1.54) is 24.6 Å². The van der Waals surface area contributed by atoms with Gasteiger partial charge in [0.05, 0.1) is 28.9 Å². The van der Waals surface area contributed by atoms with Crippen molar-refractivity contribution in [1.29, 1.82) is 5.26 Å². The van der Waals surface area contributed by atoms with Crippen molar-refractivity contribution in [1.82, 2.24) is 4.90 Å². The minimum Gasteiger partial charge on any atom is -0.505 e. The number of aromatic hydroxyl groups is 1. The average Bonchev–Trinajstić information content (AvgIpc) is 2.95. The normalized spacial score (nSPS) is 31.6. The molecule has 1 aromatic rings. The number of carbonyl (C=O) groups excluding carboxylic acids is 5. The molecule has 13 heteroatoms. The minimum absolute atomic E-state index is 0.0571. The van der Waals surface area contributed by atoms with Crippen LogP contribution < -0.4 is 27.4 Å². The Kier molecular flexibility index (Phi) is 8.27. The Balaban J connectivity index is 1.63. The maximum absolute atomic E-state index is 14.6. The number of fused-ring (bicyclic) bond motifs is 3. The molecular weight excluding hydrogens is 614 g/mol. The van der Waals surface area contributed by atoms with Crippen molar-refractivity contribution in [2.24, 2.45) is 39.9 Å². The van der Waals surface area contributed by atoms with Gasteiger partial charge in [0.1, 0.15) is 11.7 Å². The quantitative estimate of drug-likeness (QED) is 0.213. The Morgan fingerprint density at radius 3 is 2.23 bits per heavy atom. The first kappa shape index (κ1) is 34.9. The summed E-state index contributed by atoms with van der Waals surface area (Å²) < 4.78 is 0. The third-order valence-corrected chi connectivity index (χ3v) is 10.8. The second-order valence-corrected chi connectivity index (χ2v) is 15.3. The van der Waals surface area contributed by atoms with Crippen LogP contribution in [0.4, 0.5) is 11.4 Å². The Hall–Kier alpha value is -4.38. The summed E-state index contributed by atoms with van der Waals surface area (Å²) >= 11 is 0. The van der Waals surface area contributed by atoms with E-state index in [4.69, 9.17) is 17.2 Å². The number of primary amides is 1. The number of hydrogen-bond donors (Lipinski definition) is 5. The molecule has 0 saturated heterocycles. The van der Waals surface area contributed by atoms with Gasteiger partial charge in [-0.2, -0.15) is 5.26 Å². The van der Waals surface area contributed by atoms with Crippen LogP contribution in [0.15, 0.2) is 29.4 Å². The summed E-state index contributed by atoms with van der Waals surface area (Å²) in [5.41, 5.74) is 16.1. The number of ketones is 4. The standard InChI is InChI=1S/C35H45N7O6/c1-32(2,3)18-10-8-17(9-11-18)14-40-20-12-21(41(4)5)19-13-33(38)15-35(39)28(42(6)7)27(45)23(31(37)48)29(46)34(35,16-36)30(47)24(33)26(44)22(19)25(20)43/h8,10,12,23-24,28,40,43H,9,11,13-15,38-39H2,1-7H3,(H2,37,48)/t23?,24?,28-,33-,34+,35-/m1/s1. The molecule has 5 rings (SSSR count). The molecule has 8 N–H and O–H groups in total. The van der Waals surface area contributed by atoms with Crippen molar-refractivity contribution >= 4 is 40.4 Å². The molecule has 0 heterocycles. The van der Waals surface area contributed by atoms with Gasteiger partial charge in [0.15, 0.2) is 34.5 Å². The van der Waals surface area contributed by atoms with Gasteiger partial charge < -0.3 is 32.5 Å². The highest BCUT2D eigenvalue weighted by Crippen LogP contribution is 2.57. The number of benzene rings is 1. The lowest BCUT2D eigenvalue weighted by Gasteiger charge is -2.60. The number of hydrogen-bond acceptors (Lipinski definition) is 12. The van der Waals surface area contributed by atoms with E-state index in [1.54, 1.807) is 31.1 Å². The van der Waals surface area contributed by atoms with Crippen LogP contribution in [0.2, 0.25) is 0 Å². The number of amides is 1. The highest BCUT2D eigenvalue weighted by atomic mass is 16.3. The van der Waals surface area contributed by atoms with Crippen LogP contribution >= 0.6 is 0 Å². The first-order valence-corrected chi connectivity index (χ1v) is 16.0. The molecular formula is C35H45N7O6. The average molecular weight is 660 g/mol. The predicted molar refractivity (Wildman–Crippen MR) is 179 cm³/mol. The summed E-state index contributed by atoms with van der Waals surface area (Å²) in [5, 5.41) is 25.5. The lowest BCUT2D eigenvalue weighted by molar-refractivity contribution is -0.166. The largest absolute Gasteiger partial charge is 0.505 e. The van der Waals surface area contributed by atoms with Crippen LogP contribution in [0.25, 0.3) is 0 Å². The Labute approximate surface area is 280 Å². The van der Waals surface area contributed by atoms with E-state index in [2.05, 4.69) is 38.2 Å². The molecule has 6 atom stereocenters. The Morgan fingerprint density at radius 2 is 1.73 bits per heavy atom. The number of nitriles is 1. The zero-order valence-electron chi connectivity index (χ0n) is 28.6. The van der Waals surface area contributed by atoms with E-state index in [-0.39, 0.29) is 28.8 Å². The molecule has 4 aliphatic rings. The molecule has 0 aromatic heterocycles. The third-order valence-electron chi connectivity index (χ3n) is 10.8. The number of likely N-dealkylation sites (N-methyl/N-ethyl adjacent to an activating group) is 1. The number of nitrogens with one attached hydrogen (secondary N) is 1. The highest BCUT2D eigenvalue weighted by Gasteiger charge is 2.78. The van der Waals surface area contributed by atoms with E-state index in [9.17, 15) is 34.3 Å². The van der Waals surface area contributed by atoms with Crippen molar-refractivity contribution in [3.05, 3.63) is 40.5 Å². The van der Waals surface area contributed by atoms with Crippen LogP contribution in [0, 0.1) is 34.0 Å². The van der Waals surface area contributed by atoms with E-state index in [0.29, 0.717) is 17.8 Å². The number of allylic oxidation sites excluding steroid dienone is 3. The molecule has 4 aliphatic carbocycles. The molecule has 256 valence electrons. The molecule has 0 radical (unpaired) electrons. The third kappa shape index (κ3) is 4.80. The van der Waals surface area contributed by atoms with Crippen LogP contribution in [0.1, 0.15) is 56.0 Å². The Morgan fingerprint density at radius 1 is 1.08 bits per heavy atom. The summed E-state index contributed by atoms with van der Waals surface area (Å²) in [6, 6.07) is 1.99. The maximum Gasteiger partial charge on any atom is 0.235 e. The molecule has 2 unspecified atom stereocenters. The molecule has 1 amide bonds. The van der Waals surface area contributed by atoms with Gasteiger partial charge in [0, 0.05) is 31.9 Å². The molecule has 0 aliphatic heterocycles. The number of nitrogens with two attached hydrogens (primary N) is 3. The number of carbonyl (C=O) groups is 5. The summed E-state index contributed by atoms with van der Waals surface area (Å²) in [7, 11) is 6.46. The van der Waals surface area contributed by atoms with E-state index in [1.807, 2.05) is 0 Å². The molecule has 13 nitrogen and oxygen atoms in total. The SMILES string of the molecule is CN(C)c1cc(NCC2=CC=C(C(C)(C)C)CC2)c(O)c2c1C[C@@]1(N)C[C@@]3(N)[C@H](N(C)C)C(=O)C(C(N)=O)C(=O)[C@@]3(C#N)C(=O)C1C2=O. The van der Waals surface area contributed by atoms with Crippen molar-refractivity contribution in [3.8, 4) is 11.8 Å². The van der Waals surface area contributed by atoms with E-state index >= 15 is 0 Å². The lowest BCUT2D eigenvalue weighted by Crippen LogP contribution is -2.85. The highest BCUT2D eigenvalue weighted by molar-refractivity contribution is 6.33. The van der Waals surface area contributed by atoms with Gasteiger partial charge in [-0.05, 0) is 56.8 Å². The summed E-state index contributed by atoms with van der Waals surface area (Å²) in [4.78, 5) is 72.3. The van der Waals surface area contributed by atoms with Crippen molar-refractivity contribution in [2.45, 2.75) is 63.6 Å². The predicted octanol–water partition coefficient (Wildman–Crippen LogP) is 0.979. The summed E-state index contributed by atoms with van der Waals surface area (Å²) in [6.45, 7) is 6.89. The van der Waals surface area contributed by atoms with Gasteiger partial charge in [-0.3, -0.25) is 28.9 Å². The summed E-state index contributed by atoms with van der Waals surface area (Å²) in [5.74, 6) is -10.00. The van der Waals surface area contributed by atoms with Crippen molar-refractivity contribution < 1.29 is 29.1 Å². The summed E-state index contributed by atoms with van der Waals surface area (Å²) in [6.07, 6.45) is 5.29. The number of phenols is 1. The lowest BCUT2D eigenvalue weighted by atomic mass is 9.42. The Bertz CT molecular complexity index is 1760. The van der Waals surface area contributed by atoms with Crippen LogP contribution in [0.5, 0.6) is 5.75 Å². The fraction of sp³-hybridized carbons (Fsp3) is 0.543. The first-order chi connectivity index (χ1) is 22.2. The fourth-order valence-corrected chi connectivity index (χ4v) is 8.45. The zero-order chi connectivity index (χ0) is 35.9. The zero-order valence-corrected chi connectivity index (χ0v) is 28.6. The van der Waals surface area contributed by atoms with Crippen molar-refractivity contribution in [2.75, 3.05) is 45.0 Å². The van der Waals surface area contributed by atoms with Gasteiger partial charge in [0.25, 0.3) is 0 Å². The number of anilines is 2. The van der Waals surface area contributed by atoms with Crippen molar-refractivity contribution in [3.63, 3.8) is 0 Å². The first-order valence-electron chi connectivity index (χ1n) is 16.0. The molecule has 0 bridgehead atoms. The number of phenolic OH excluding ortho intramolecular Hbond substituents is 1. The van der Waals surface area contributed by atoms with Crippen LogP contribution in [-0.4, -0.2) is 90.9 Å². The second-order valence-electron chi connectivity index (χ2n) is 15.3. The molecule has 2 fully saturated rings. The van der Waals surface area contributed by atoms with Gasteiger partial charge in [-0.1, -0.05) is 44.1 Å². The maximum atomic E-state index is 14.6. The monoisotopic (exact) mass is 659 g/mol. The van der Waals surface area contributed by atoms with Gasteiger partial charge in [-0.15, -0.1) is 0 Å². The van der Waals surface area contributed by atoms with Crippen LogP contribution in [-0.2, 0) is 25.6 Å². The molecule has 1 aromatic carbocycles. The van der Waals surface area contributed by atoms with Gasteiger partial charge >= 0.3 is 0 Å². The smallest absolute Gasteiger partial charge is 0.235 e. The number of Topliss-reactive ketones (excluding diaryl/α,β-unsaturated/α-hetero) is 4. The number of nitrogens with zero attached hydrogens (tertiary/aromatic N) is 3. The minimum atomic E-state index is -2.79. The number of rotatable bonds is 6. The molecule has 0 spiro atoms. The topological polar surface area (TPSA) is 226 Å². The van der Waals surface area contributed by atoms with E-state index in [0.717, 1.165) is 18.4 Å².